The minimum absolute atomic E-state index is 0.161. The van der Waals surface area contributed by atoms with Crippen LogP contribution in [-0.2, 0) is 15.7 Å². The average Bonchev–Trinajstić information content (AvgIpc) is 2.94. The number of pyridine rings is 1. The zero-order valence-electron chi connectivity index (χ0n) is 20.8. The zero-order valence-corrected chi connectivity index (χ0v) is 20.8. The Kier molecular flexibility index (Phi) is 5.81. The van der Waals surface area contributed by atoms with Crippen LogP contribution < -0.4 is 20.8 Å². The molecular formula is C27H30BN3O4. The minimum Gasteiger partial charge on any atom is -0.491 e. The topological polar surface area (TPSA) is 81.7 Å². The van der Waals surface area contributed by atoms with Gasteiger partial charge in [-0.25, -0.2) is 0 Å². The molecule has 0 unspecified atom stereocenters. The van der Waals surface area contributed by atoms with Crippen LogP contribution in [-0.4, -0.2) is 35.8 Å². The third-order valence-corrected chi connectivity index (χ3v) is 7.02. The van der Waals surface area contributed by atoms with Gasteiger partial charge in [0, 0.05) is 12.6 Å². The number of amides is 1. The Morgan fingerprint density at radius 1 is 0.943 bits per heavy atom. The molecular weight excluding hydrogens is 441 g/mol. The summed E-state index contributed by atoms with van der Waals surface area (Å²) >= 11 is 0. The highest BCUT2D eigenvalue weighted by Crippen LogP contribution is 2.37. The number of aryl methyl sites for hydroxylation is 1. The summed E-state index contributed by atoms with van der Waals surface area (Å²) < 4.78 is 18.3. The van der Waals surface area contributed by atoms with E-state index in [0.717, 1.165) is 39.5 Å². The van der Waals surface area contributed by atoms with Crippen molar-refractivity contribution in [1.29, 1.82) is 0 Å². The molecule has 7 nitrogen and oxygen atoms in total. The fraction of sp³-hybridized carbons (Fsp3) is 0.333. The van der Waals surface area contributed by atoms with Crippen LogP contribution in [0.1, 0.15) is 49.3 Å². The third-order valence-electron chi connectivity index (χ3n) is 7.02. The second kappa shape index (κ2) is 8.70. The molecule has 2 aliphatic rings. The number of nitrogens with zero attached hydrogens (tertiary/aromatic N) is 1. The number of anilines is 3. The van der Waals surface area contributed by atoms with Crippen molar-refractivity contribution in [3.8, 4) is 5.75 Å². The Balaban J connectivity index is 1.33. The van der Waals surface area contributed by atoms with Crippen molar-refractivity contribution in [2.24, 2.45) is 0 Å². The van der Waals surface area contributed by atoms with Gasteiger partial charge in [0.05, 0.1) is 46.1 Å². The van der Waals surface area contributed by atoms with Gasteiger partial charge in [-0.15, -0.1) is 0 Å². The normalized spacial score (nSPS) is 17.6. The number of rotatable bonds is 5. The monoisotopic (exact) mass is 471 g/mol. The number of carbonyl (C=O) groups is 1. The lowest BCUT2D eigenvalue weighted by atomic mass is 9.78. The van der Waals surface area contributed by atoms with Crippen LogP contribution in [0.4, 0.5) is 17.1 Å². The average molecular weight is 471 g/mol. The van der Waals surface area contributed by atoms with Gasteiger partial charge in [-0.1, -0.05) is 12.1 Å². The van der Waals surface area contributed by atoms with Crippen LogP contribution in [0.25, 0.3) is 0 Å². The van der Waals surface area contributed by atoms with Gasteiger partial charge in [-0.05, 0) is 82.0 Å². The number of nitrogens with one attached hydrogen (secondary N) is 2. The van der Waals surface area contributed by atoms with E-state index in [1.54, 1.807) is 6.20 Å². The molecule has 1 fully saturated rings. The predicted molar refractivity (Wildman–Crippen MR) is 138 cm³/mol. The van der Waals surface area contributed by atoms with Crippen molar-refractivity contribution in [2.75, 3.05) is 17.2 Å². The number of ether oxygens (including phenoxy) is 1. The van der Waals surface area contributed by atoms with E-state index >= 15 is 0 Å². The molecule has 180 valence electrons. The van der Waals surface area contributed by atoms with Crippen LogP contribution >= 0.6 is 0 Å². The maximum Gasteiger partial charge on any atom is 0.494 e. The number of aromatic nitrogens is 1. The standard InChI is InChI=1S/C27H30BN3O4/c1-17-24(7-6-13-29-17)33-14-12-18-8-11-21-23(15-18)31-25(32)20-10-9-19(16-22(20)30-21)28-34-26(2,3)27(4,5)35-28/h6-11,13,15-16,30H,12,14H2,1-5H3,(H,31,32). The van der Waals surface area contributed by atoms with Gasteiger partial charge >= 0.3 is 7.12 Å². The van der Waals surface area contributed by atoms with Crippen molar-refractivity contribution in [2.45, 2.75) is 52.2 Å². The summed E-state index contributed by atoms with van der Waals surface area (Å²) in [5, 5.41) is 6.46. The molecule has 0 atom stereocenters. The molecule has 1 amide bonds. The summed E-state index contributed by atoms with van der Waals surface area (Å²) in [7, 11) is -0.497. The molecule has 3 aromatic rings. The number of hydrogen-bond donors (Lipinski definition) is 2. The highest BCUT2D eigenvalue weighted by Gasteiger charge is 2.51. The highest BCUT2D eigenvalue weighted by molar-refractivity contribution is 6.62. The molecule has 0 bridgehead atoms. The van der Waals surface area contributed by atoms with Gasteiger partial charge in [-0.2, -0.15) is 0 Å². The Hall–Kier alpha value is -3.36. The molecule has 1 aromatic heterocycles. The molecule has 5 rings (SSSR count). The SMILES string of the molecule is Cc1ncccc1OCCc1ccc2c(c1)NC(=O)c1ccc(B3OC(C)(C)C(C)(C)O3)cc1N2. The van der Waals surface area contributed by atoms with E-state index in [2.05, 4.69) is 15.6 Å². The second-order valence-corrected chi connectivity index (χ2v) is 10.0. The molecule has 0 spiro atoms. The maximum absolute atomic E-state index is 13.0. The second-order valence-electron chi connectivity index (χ2n) is 10.0. The van der Waals surface area contributed by atoms with Gasteiger partial charge < -0.3 is 24.7 Å². The summed E-state index contributed by atoms with van der Waals surface area (Å²) in [6.45, 7) is 10.6. The van der Waals surface area contributed by atoms with Crippen LogP contribution in [0, 0.1) is 6.92 Å². The van der Waals surface area contributed by atoms with Crippen molar-refractivity contribution in [3.05, 3.63) is 71.5 Å². The fourth-order valence-corrected chi connectivity index (χ4v) is 4.18. The van der Waals surface area contributed by atoms with E-state index in [4.69, 9.17) is 14.0 Å². The lowest BCUT2D eigenvalue weighted by molar-refractivity contribution is 0.00578. The van der Waals surface area contributed by atoms with Gasteiger partial charge in [0.1, 0.15) is 5.75 Å². The van der Waals surface area contributed by atoms with Crippen LogP contribution in [0.5, 0.6) is 5.75 Å². The third kappa shape index (κ3) is 4.51. The van der Waals surface area contributed by atoms with E-state index in [0.29, 0.717) is 18.6 Å². The highest BCUT2D eigenvalue weighted by atomic mass is 16.7. The number of fused-ring (bicyclic) bond motifs is 2. The molecule has 3 heterocycles. The van der Waals surface area contributed by atoms with Crippen LogP contribution in [0.15, 0.2) is 54.7 Å². The largest absolute Gasteiger partial charge is 0.494 e. The van der Waals surface area contributed by atoms with Crippen molar-refractivity contribution in [1.82, 2.24) is 4.98 Å². The number of carbonyl (C=O) groups excluding carboxylic acids is 1. The van der Waals surface area contributed by atoms with E-state index < -0.39 is 18.3 Å². The smallest absolute Gasteiger partial charge is 0.491 e. The molecule has 2 aliphatic heterocycles. The summed E-state index contributed by atoms with van der Waals surface area (Å²) in [4.78, 5) is 17.3. The first-order valence-corrected chi connectivity index (χ1v) is 11.9. The zero-order chi connectivity index (χ0) is 24.8. The van der Waals surface area contributed by atoms with Gasteiger partial charge in [0.25, 0.3) is 5.91 Å². The Bertz CT molecular complexity index is 1280. The first-order chi connectivity index (χ1) is 16.6. The molecule has 0 aliphatic carbocycles. The summed E-state index contributed by atoms with van der Waals surface area (Å²) in [5.41, 5.74) is 4.78. The molecule has 1 saturated heterocycles. The minimum atomic E-state index is -0.497. The first-order valence-electron chi connectivity index (χ1n) is 11.9. The van der Waals surface area contributed by atoms with Gasteiger partial charge in [-0.3, -0.25) is 9.78 Å². The first kappa shape index (κ1) is 23.4. The van der Waals surface area contributed by atoms with Crippen LogP contribution in [0.2, 0.25) is 0 Å². The summed E-state index contributed by atoms with van der Waals surface area (Å²) in [6.07, 6.45) is 2.46. The van der Waals surface area contributed by atoms with E-state index in [1.807, 2.05) is 83.1 Å². The predicted octanol–water partition coefficient (Wildman–Crippen LogP) is 4.62. The van der Waals surface area contributed by atoms with Gasteiger partial charge in [0.15, 0.2) is 0 Å². The number of hydrogen-bond acceptors (Lipinski definition) is 6. The molecule has 0 saturated carbocycles. The van der Waals surface area contributed by atoms with E-state index in [9.17, 15) is 4.79 Å². The molecule has 8 heteroatoms. The maximum atomic E-state index is 13.0. The lowest BCUT2D eigenvalue weighted by Crippen LogP contribution is -2.41. The Morgan fingerprint density at radius 2 is 1.71 bits per heavy atom. The lowest BCUT2D eigenvalue weighted by Gasteiger charge is -2.32. The fourth-order valence-electron chi connectivity index (χ4n) is 4.18. The van der Waals surface area contributed by atoms with Crippen molar-refractivity contribution in [3.63, 3.8) is 0 Å². The Labute approximate surface area is 206 Å². The van der Waals surface area contributed by atoms with Crippen LogP contribution in [0.3, 0.4) is 0 Å². The van der Waals surface area contributed by atoms with Crippen molar-refractivity contribution >= 4 is 35.6 Å². The number of benzene rings is 2. The quantitative estimate of drug-likeness (QED) is 0.529. The Morgan fingerprint density at radius 3 is 2.46 bits per heavy atom. The summed E-state index contributed by atoms with van der Waals surface area (Å²) in [6, 6.07) is 15.4. The molecule has 2 N–H and O–H groups in total. The molecule has 35 heavy (non-hydrogen) atoms. The van der Waals surface area contributed by atoms with E-state index in [1.165, 1.54) is 0 Å². The van der Waals surface area contributed by atoms with E-state index in [-0.39, 0.29) is 5.91 Å². The van der Waals surface area contributed by atoms with Gasteiger partial charge in [0.2, 0.25) is 0 Å². The molecule has 2 aromatic carbocycles. The van der Waals surface area contributed by atoms with Crippen molar-refractivity contribution < 1.29 is 18.8 Å². The molecule has 0 radical (unpaired) electrons. The summed E-state index contributed by atoms with van der Waals surface area (Å²) in [5.74, 6) is 0.622.